The number of carbonyl (C=O) groups is 1. The molecule has 4 heteroatoms. The molecule has 16 heavy (non-hydrogen) atoms. The zero-order valence-corrected chi connectivity index (χ0v) is 10.3. The highest BCUT2D eigenvalue weighted by molar-refractivity contribution is 5.76. The van der Waals surface area contributed by atoms with E-state index in [4.69, 9.17) is 9.84 Å². The first kappa shape index (κ1) is 13.5. The monoisotopic (exact) mass is 229 g/mol. The SMILES string of the molecule is CCCCCC(=O)N1CC(CO)OCC1C. The van der Waals surface area contributed by atoms with Crippen molar-refractivity contribution in [2.75, 3.05) is 19.8 Å². The van der Waals surface area contributed by atoms with Crippen LogP contribution in [0.25, 0.3) is 0 Å². The van der Waals surface area contributed by atoms with Gasteiger partial charge in [0.25, 0.3) is 0 Å². The van der Waals surface area contributed by atoms with Gasteiger partial charge in [-0.3, -0.25) is 4.79 Å². The lowest BCUT2D eigenvalue weighted by Gasteiger charge is -2.37. The summed E-state index contributed by atoms with van der Waals surface area (Å²) in [5.41, 5.74) is 0. The summed E-state index contributed by atoms with van der Waals surface area (Å²) >= 11 is 0. The van der Waals surface area contributed by atoms with Crippen molar-refractivity contribution in [2.45, 2.75) is 51.7 Å². The van der Waals surface area contributed by atoms with Gasteiger partial charge in [-0.1, -0.05) is 19.8 Å². The van der Waals surface area contributed by atoms with Gasteiger partial charge in [0.05, 0.1) is 25.4 Å². The third-order valence-corrected chi connectivity index (χ3v) is 3.02. The quantitative estimate of drug-likeness (QED) is 0.720. The van der Waals surface area contributed by atoms with E-state index in [1.54, 1.807) is 0 Å². The molecule has 1 fully saturated rings. The van der Waals surface area contributed by atoms with Crippen LogP contribution in [0.15, 0.2) is 0 Å². The molecule has 0 aromatic carbocycles. The van der Waals surface area contributed by atoms with Crippen LogP contribution in [0.2, 0.25) is 0 Å². The van der Waals surface area contributed by atoms with Gasteiger partial charge in [-0.15, -0.1) is 0 Å². The fourth-order valence-corrected chi connectivity index (χ4v) is 1.95. The largest absolute Gasteiger partial charge is 0.394 e. The molecule has 0 radical (unpaired) electrons. The summed E-state index contributed by atoms with van der Waals surface area (Å²) in [7, 11) is 0. The van der Waals surface area contributed by atoms with Gasteiger partial charge in [0.1, 0.15) is 0 Å². The number of carbonyl (C=O) groups excluding carboxylic acids is 1. The average molecular weight is 229 g/mol. The van der Waals surface area contributed by atoms with Crippen molar-refractivity contribution in [3.8, 4) is 0 Å². The summed E-state index contributed by atoms with van der Waals surface area (Å²) in [6.07, 6.45) is 3.62. The molecule has 1 rings (SSSR count). The Morgan fingerprint density at radius 2 is 2.25 bits per heavy atom. The summed E-state index contributed by atoms with van der Waals surface area (Å²) in [5.74, 6) is 0.197. The zero-order valence-electron chi connectivity index (χ0n) is 10.3. The van der Waals surface area contributed by atoms with Crippen molar-refractivity contribution in [2.24, 2.45) is 0 Å². The average Bonchev–Trinajstić information content (AvgIpc) is 2.30. The highest BCUT2D eigenvalue weighted by atomic mass is 16.5. The van der Waals surface area contributed by atoms with Crippen molar-refractivity contribution in [3.63, 3.8) is 0 Å². The van der Waals surface area contributed by atoms with E-state index in [9.17, 15) is 4.79 Å². The Morgan fingerprint density at radius 3 is 2.88 bits per heavy atom. The molecular formula is C12H23NO3. The molecule has 0 aliphatic carbocycles. The van der Waals surface area contributed by atoms with Crippen molar-refractivity contribution in [3.05, 3.63) is 0 Å². The number of unbranched alkanes of at least 4 members (excludes halogenated alkanes) is 2. The highest BCUT2D eigenvalue weighted by Crippen LogP contribution is 2.14. The fraction of sp³-hybridized carbons (Fsp3) is 0.917. The zero-order chi connectivity index (χ0) is 12.0. The Hall–Kier alpha value is -0.610. The molecule has 0 bridgehead atoms. The van der Waals surface area contributed by atoms with Gasteiger partial charge in [0.15, 0.2) is 0 Å². The van der Waals surface area contributed by atoms with Crippen LogP contribution in [0.1, 0.15) is 39.5 Å². The number of ether oxygens (including phenoxy) is 1. The summed E-state index contributed by atoms with van der Waals surface area (Å²) < 4.78 is 5.40. The number of amides is 1. The van der Waals surface area contributed by atoms with Crippen LogP contribution in [0.4, 0.5) is 0 Å². The number of nitrogens with zero attached hydrogens (tertiary/aromatic N) is 1. The lowest BCUT2D eigenvalue weighted by atomic mass is 10.1. The van der Waals surface area contributed by atoms with Crippen LogP contribution in [-0.2, 0) is 9.53 Å². The molecule has 0 saturated carbocycles. The van der Waals surface area contributed by atoms with Gasteiger partial charge < -0.3 is 14.7 Å². The molecule has 2 atom stereocenters. The van der Waals surface area contributed by atoms with Crippen LogP contribution >= 0.6 is 0 Å². The second-order valence-corrected chi connectivity index (χ2v) is 4.49. The van der Waals surface area contributed by atoms with E-state index in [0.717, 1.165) is 19.3 Å². The molecule has 0 aromatic rings. The van der Waals surface area contributed by atoms with E-state index in [1.165, 1.54) is 0 Å². The summed E-state index contributed by atoms with van der Waals surface area (Å²) in [4.78, 5) is 13.8. The number of rotatable bonds is 5. The molecule has 94 valence electrons. The summed E-state index contributed by atoms with van der Waals surface area (Å²) in [5, 5.41) is 9.03. The van der Waals surface area contributed by atoms with E-state index in [0.29, 0.717) is 19.6 Å². The molecule has 0 spiro atoms. The van der Waals surface area contributed by atoms with Gasteiger partial charge in [-0.25, -0.2) is 0 Å². The minimum absolute atomic E-state index is 0.00847. The third-order valence-electron chi connectivity index (χ3n) is 3.02. The van der Waals surface area contributed by atoms with E-state index in [1.807, 2.05) is 11.8 Å². The number of morpholine rings is 1. The van der Waals surface area contributed by atoms with Crippen molar-refractivity contribution >= 4 is 5.91 Å². The Kier molecular flexibility index (Phi) is 5.77. The Labute approximate surface area is 97.6 Å². The molecule has 1 N–H and O–H groups in total. The predicted octanol–water partition coefficient (Wildman–Crippen LogP) is 1.17. The van der Waals surface area contributed by atoms with E-state index in [2.05, 4.69) is 6.92 Å². The molecule has 0 aromatic heterocycles. The maximum atomic E-state index is 11.9. The van der Waals surface area contributed by atoms with E-state index >= 15 is 0 Å². The standard InChI is InChI=1S/C12H23NO3/c1-3-4-5-6-12(15)13-7-11(8-14)16-9-10(13)2/h10-11,14H,3-9H2,1-2H3. The normalized spacial score (nSPS) is 25.8. The van der Waals surface area contributed by atoms with Gasteiger partial charge in [-0.05, 0) is 13.3 Å². The number of hydrogen-bond acceptors (Lipinski definition) is 3. The topological polar surface area (TPSA) is 49.8 Å². The van der Waals surface area contributed by atoms with E-state index in [-0.39, 0.29) is 24.7 Å². The highest BCUT2D eigenvalue weighted by Gasteiger charge is 2.28. The van der Waals surface area contributed by atoms with Gasteiger partial charge in [0.2, 0.25) is 5.91 Å². The molecule has 1 heterocycles. The Morgan fingerprint density at radius 1 is 1.50 bits per heavy atom. The third kappa shape index (κ3) is 3.76. The lowest BCUT2D eigenvalue weighted by Crippen LogP contribution is -2.51. The molecule has 1 aliphatic heterocycles. The van der Waals surface area contributed by atoms with Crippen LogP contribution in [0, 0.1) is 0 Å². The minimum atomic E-state index is -0.202. The van der Waals surface area contributed by atoms with Crippen molar-refractivity contribution < 1.29 is 14.6 Å². The molecular weight excluding hydrogens is 206 g/mol. The number of aliphatic hydroxyl groups is 1. The van der Waals surface area contributed by atoms with Gasteiger partial charge in [0, 0.05) is 13.0 Å². The van der Waals surface area contributed by atoms with Gasteiger partial charge >= 0.3 is 0 Å². The Balaban J connectivity index is 2.39. The van der Waals surface area contributed by atoms with Crippen LogP contribution in [-0.4, -0.2) is 47.8 Å². The Bertz CT molecular complexity index is 220. The predicted molar refractivity (Wildman–Crippen MR) is 62.1 cm³/mol. The molecule has 1 aliphatic rings. The molecule has 1 saturated heterocycles. The first-order valence-corrected chi connectivity index (χ1v) is 6.21. The lowest BCUT2D eigenvalue weighted by molar-refractivity contribution is -0.146. The van der Waals surface area contributed by atoms with Crippen LogP contribution in [0.3, 0.4) is 0 Å². The molecule has 4 nitrogen and oxygen atoms in total. The first-order chi connectivity index (χ1) is 7.69. The van der Waals surface area contributed by atoms with E-state index < -0.39 is 0 Å². The second kappa shape index (κ2) is 6.86. The fourth-order valence-electron chi connectivity index (χ4n) is 1.95. The minimum Gasteiger partial charge on any atom is -0.394 e. The smallest absolute Gasteiger partial charge is 0.222 e. The van der Waals surface area contributed by atoms with Crippen molar-refractivity contribution in [1.82, 2.24) is 4.90 Å². The summed E-state index contributed by atoms with van der Waals surface area (Å²) in [6, 6.07) is 0.136. The first-order valence-electron chi connectivity index (χ1n) is 6.21. The van der Waals surface area contributed by atoms with Crippen molar-refractivity contribution in [1.29, 1.82) is 0 Å². The second-order valence-electron chi connectivity index (χ2n) is 4.49. The molecule has 1 amide bonds. The van der Waals surface area contributed by atoms with Crippen LogP contribution < -0.4 is 0 Å². The maximum absolute atomic E-state index is 11.9. The number of hydrogen-bond donors (Lipinski definition) is 1. The van der Waals surface area contributed by atoms with Crippen LogP contribution in [0.5, 0.6) is 0 Å². The molecule has 2 unspecified atom stereocenters. The maximum Gasteiger partial charge on any atom is 0.222 e. The summed E-state index contributed by atoms with van der Waals surface area (Å²) in [6.45, 7) is 5.17. The number of aliphatic hydroxyl groups excluding tert-OH is 1. The van der Waals surface area contributed by atoms with Gasteiger partial charge in [-0.2, -0.15) is 0 Å².